The molecule has 0 saturated carbocycles. The van der Waals surface area contributed by atoms with Gasteiger partial charge in [-0.05, 0) is 0 Å². The molecule has 3 heteroatoms. The van der Waals surface area contributed by atoms with Crippen LogP contribution in [0, 0.1) is 0 Å². The minimum atomic E-state index is -0.794. The molecule has 0 fully saturated rings. The molecule has 2 aliphatic rings. The molecule has 88 valence electrons. The molecule has 0 atom stereocenters. The Bertz CT molecular complexity index is 386. The van der Waals surface area contributed by atoms with Crippen LogP contribution in [0.5, 0.6) is 0 Å². The predicted molar refractivity (Wildman–Crippen MR) is 62.0 cm³/mol. The van der Waals surface area contributed by atoms with Crippen molar-refractivity contribution in [2.75, 3.05) is 0 Å². The largest absolute Gasteiger partial charge is 1.00 e. The topological polar surface area (TPSA) is 0 Å². The van der Waals surface area contributed by atoms with Crippen LogP contribution in [-0.2, 0) is 22.9 Å². The van der Waals surface area contributed by atoms with Crippen molar-refractivity contribution in [2.24, 2.45) is 0 Å². The Morgan fingerprint density at radius 3 is 1.65 bits per heavy atom. The van der Waals surface area contributed by atoms with Crippen LogP contribution in [0.3, 0.4) is 0 Å². The van der Waals surface area contributed by atoms with E-state index in [0.29, 0.717) is 0 Å². The molecule has 0 spiro atoms. The van der Waals surface area contributed by atoms with Gasteiger partial charge in [-0.3, -0.25) is 0 Å². The molecule has 0 saturated heterocycles. The van der Waals surface area contributed by atoms with Gasteiger partial charge in [0.25, 0.3) is 0 Å². The van der Waals surface area contributed by atoms with Crippen molar-refractivity contribution in [3.05, 3.63) is 67.4 Å². The molecular formula is C14H14Cl2Hf. The van der Waals surface area contributed by atoms with Crippen LogP contribution >= 0.6 is 0 Å². The average Bonchev–Trinajstić information content (AvgIpc) is 2.87. The summed E-state index contributed by atoms with van der Waals surface area (Å²) in [6, 6.07) is 0. The summed E-state index contributed by atoms with van der Waals surface area (Å²) in [6.45, 7) is 7.75. The van der Waals surface area contributed by atoms with E-state index in [2.05, 4.69) is 37.5 Å². The summed E-state index contributed by atoms with van der Waals surface area (Å²) in [4.78, 5) is 0. The minimum Gasteiger partial charge on any atom is -1.00 e. The van der Waals surface area contributed by atoms with Gasteiger partial charge in [-0.2, -0.15) is 0 Å². The third kappa shape index (κ3) is 3.94. The van der Waals surface area contributed by atoms with Crippen molar-refractivity contribution in [1.82, 2.24) is 0 Å². The second kappa shape index (κ2) is 8.07. The van der Waals surface area contributed by atoms with Crippen molar-refractivity contribution in [3.8, 4) is 0 Å². The fourth-order valence-corrected chi connectivity index (χ4v) is 7.11. The molecule has 0 unspecified atom stereocenters. The molecule has 2 aliphatic carbocycles. The van der Waals surface area contributed by atoms with Crippen LogP contribution < -0.4 is 24.8 Å². The van der Waals surface area contributed by atoms with Gasteiger partial charge in [0.1, 0.15) is 0 Å². The molecular weight excluding hydrogens is 418 g/mol. The predicted octanol–water partition coefficient (Wildman–Crippen LogP) is -2.12. The van der Waals surface area contributed by atoms with Gasteiger partial charge >= 0.3 is 103 Å². The first-order chi connectivity index (χ1) is 7.35. The van der Waals surface area contributed by atoms with Gasteiger partial charge in [-0.25, -0.2) is 0 Å². The van der Waals surface area contributed by atoms with Crippen LogP contribution in [0.15, 0.2) is 67.4 Å². The van der Waals surface area contributed by atoms with E-state index in [1.165, 1.54) is 24.0 Å². The van der Waals surface area contributed by atoms with Gasteiger partial charge in [-0.15, -0.1) is 0 Å². The SMILES string of the molecule is C=CC1=[C]([Hf+2][C]2=C(C=C)C=CC2)CC=C1.[Cl-].[Cl-]. The monoisotopic (exact) mass is 432 g/mol. The third-order valence-electron chi connectivity index (χ3n) is 2.68. The molecule has 17 heavy (non-hydrogen) atoms. The molecule has 0 nitrogen and oxygen atoms in total. The Morgan fingerprint density at radius 1 is 0.882 bits per heavy atom. The maximum absolute atomic E-state index is 3.88. The summed E-state index contributed by atoms with van der Waals surface area (Å²) in [6.07, 6.45) is 15.3. The van der Waals surface area contributed by atoms with E-state index in [4.69, 9.17) is 0 Å². The Labute approximate surface area is 127 Å². The summed E-state index contributed by atoms with van der Waals surface area (Å²) in [5, 5.41) is 0. The van der Waals surface area contributed by atoms with Crippen molar-refractivity contribution in [2.45, 2.75) is 12.8 Å². The number of hydrogen-bond acceptors (Lipinski definition) is 0. The van der Waals surface area contributed by atoms with Gasteiger partial charge < -0.3 is 24.8 Å². The van der Waals surface area contributed by atoms with E-state index in [9.17, 15) is 0 Å². The smallest absolute Gasteiger partial charge is 1.00 e. The summed E-state index contributed by atoms with van der Waals surface area (Å²) < 4.78 is 3.37. The number of hydrogen-bond donors (Lipinski definition) is 0. The molecule has 0 aromatic carbocycles. The Kier molecular flexibility index (Phi) is 8.02. The first-order valence-corrected chi connectivity index (χ1v) is 8.75. The molecule has 0 radical (unpaired) electrons. The van der Waals surface area contributed by atoms with E-state index in [1.807, 2.05) is 12.2 Å². The van der Waals surface area contributed by atoms with Crippen molar-refractivity contribution in [1.29, 1.82) is 0 Å². The Hall–Kier alpha value is -0.110. The van der Waals surface area contributed by atoms with Gasteiger partial charge in [-0.1, -0.05) is 0 Å². The van der Waals surface area contributed by atoms with Gasteiger partial charge in [0.2, 0.25) is 0 Å². The van der Waals surface area contributed by atoms with E-state index < -0.39 is 22.9 Å². The maximum atomic E-state index is 3.88. The van der Waals surface area contributed by atoms with E-state index in [-0.39, 0.29) is 24.8 Å². The second-order valence-corrected chi connectivity index (χ2v) is 8.85. The van der Waals surface area contributed by atoms with E-state index >= 15 is 0 Å². The van der Waals surface area contributed by atoms with Crippen LogP contribution in [0.2, 0.25) is 0 Å². The summed E-state index contributed by atoms with van der Waals surface area (Å²) >= 11 is -0.794. The van der Waals surface area contributed by atoms with Crippen molar-refractivity contribution < 1.29 is 47.7 Å². The molecule has 0 amide bonds. The van der Waals surface area contributed by atoms with Crippen LogP contribution in [0.4, 0.5) is 0 Å². The second-order valence-electron chi connectivity index (χ2n) is 3.61. The quantitative estimate of drug-likeness (QED) is 0.447. The molecule has 0 aromatic rings. The normalized spacial score (nSPS) is 16.5. The van der Waals surface area contributed by atoms with Crippen LogP contribution in [0.1, 0.15) is 12.8 Å². The summed E-state index contributed by atoms with van der Waals surface area (Å²) in [7, 11) is 0. The van der Waals surface area contributed by atoms with E-state index in [0.717, 1.165) is 0 Å². The third-order valence-corrected chi connectivity index (χ3v) is 8.39. The molecule has 2 rings (SSSR count). The molecule has 0 aliphatic heterocycles. The van der Waals surface area contributed by atoms with Gasteiger partial charge in [0.15, 0.2) is 0 Å². The number of halogens is 2. The first kappa shape index (κ1) is 16.9. The van der Waals surface area contributed by atoms with Crippen LogP contribution in [0.25, 0.3) is 0 Å². The van der Waals surface area contributed by atoms with Gasteiger partial charge in [0, 0.05) is 0 Å². The minimum absolute atomic E-state index is 0. The molecule has 0 aromatic heterocycles. The molecule has 0 N–H and O–H groups in total. The zero-order valence-electron chi connectivity index (χ0n) is 9.55. The Morgan fingerprint density at radius 2 is 1.29 bits per heavy atom. The van der Waals surface area contributed by atoms with Crippen LogP contribution in [-0.4, -0.2) is 0 Å². The summed E-state index contributed by atoms with van der Waals surface area (Å²) in [5.74, 6) is 0. The Balaban J connectivity index is 0.00000128. The maximum Gasteiger partial charge on any atom is -1.00 e. The first-order valence-electron chi connectivity index (χ1n) is 5.16. The fourth-order valence-electron chi connectivity index (χ4n) is 1.86. The van der Waals surface area contributed by atoms with E-state index in [1.54, 1.807) is 6.66 Å². The summed E-state index contributed by atoms with van der Waals surface area (Å²) in [5.41, 5.74) is 2.78. The standard InChI is InChI=1S/2C7H7.2ClH.Hf/c2*1-2-7-5-3-4-6-7;;;/h2*2-3,5H,1,4H2;2*1H;/q;;;;+2/p-2. The average molecular weight is 432 g/mol. The fraction of sp³-hybridized carbons (Fsp3) is 0.143. The van der Waals surface area contributed by atoms with Crippen molar-refractivity contribution in [3.63, 3.8) is 0 Å². The number of rotatable bonds is 4. The van der Waals surface area contributed by atoms with Crippen molar-refractivity contribution >= 4 is 0 Å². The molecule has 0 heterocycles. The zero-order chi connectivity index (χ0) is 10.7. The number of allylic oxidation sites excluding steroid dienone is 10. The zero-order valence-corrected chi connectivity index (χ0v) is 14.7. The van der Waals surface area contributed by atoms with Gasteiger partial charge in [0.05, 0.1) is 0 Å². The molecule has 0 bridgehead atoms.